The van der Waals surface area contributed by atoms with Crippen molar-refractivity contribution in [3.8, 4) is 0 Å². The van der Waals surface area contributed by atoms with Crippen LogP contribution in [0.3, 0.4) is 0 Å². The fraction of sp³-hybridized carbons (Fsp3) is 0.304. The number of pyridine rings is 1. The van der Waals surface area contributed by atoms with Gasteiger partial charge in [-0.15, -0.1) is 0 Å². The molecule has 6 heteroatoms. The van der Waals surface area contributed by atoms with Gasteiger partial charge in [-0.3, -0.25) is 0 Å². The van der Waals surface area contributed by atoms with Crippen molar-refractivity contribution in [2.75, 3.05) is 18.1 Å². The fourth-order valence-corrected chi connectivity index (χ4v) is 2.95. The monoisotopic (exact) mass is 392 g/mol. The van der Waals surface area contributed by atoms with Crippen LogP contribution in [0.2, 0.25) is 0 Å². The first-order chi connectivity index (χ1) is 13.7. The summed E-state index contributed by atoms with van der Waals surface area (Å²) in [5, 5.41) is 4.49. The molecule has 0 fully saturated rings. The number of nitrogens with one attached hydrogen (secondary N) is 1. The van der Waals surface area contributed by atoms with Gasteiger partial charge >= 0.3 is 6.09 Å². The van der Waals surface area contributed by atoms with Crippen LogP contribution >= 0.6 is 0 Å². The molecule has 29 heavy (non-hydrogen) atoms. The Balaban J connectivity index is 1.63. The quantitative estimate of drug-likeness (QED) is 0.652. The van der Waals surface area contributed by atoms with Gasteiger partial charge in [-0.05, 0) is 62.2 Å². The predicted molar refractivity (Wildman–Crippen MR) is 118 cm³/mol. The van der Waals surface area contributed by atoms with Gasteiger partial charge in [-0.2, -0.15) is 0 Å². The Morgan fingerprint density at radius 2 is 1.86 bits per heavy atom. The summed E-state index contributed by atoms with van der Waals surface area (Å²) in [7, 11) is 1.74. The van der Waals surface area contributed by atoms with E-state index in [9.17, 15) is 4.79 Å². The number of anilines is 2. The molecule has 0 aliphatic carbocycles. The molecule has 3 N–H and O–H groups in total. The summed E-state index contributed by atoms with van der Waals surface area (Å²) in [5.74, 6) is 0.518. The Bertz CT molecular complexity index is 1010. The highest BCUT2D eigenvalue weighted by atomic mass is 16.6. The van der Waals surface area contributed by atoms with E-state index in [1.54, 1.807) is 18.0 Å². The van der Waals surface area contributed by atoms with Crippen LogP contribution in [0.15, 0.2) is 54.6 Å². The molecule has 0 bridgehead atoms. The van der Waals surface area contributed by atoms with E-state index < -0.39 is 5.60 Å². The number of hydrogen-bond acceptors (Lipinski definition) is 5. The summed E-state index contributed by atoms with van der Waals surface area (Å²) in [6.07, 6.45) is -0.334. The SMILES string of the molecule is CN(Cc1cccc(NCc2ccc3ccc(N)nc3c2)c1)C(=O)OC(C)(C)C. The lowest BCUT2D eigenvalue weighted by atomic mass is 10.1. The molecule has 1 aromatic heterocycles. The van der Waals surface area contributed by atoms with Crippen LogP contribution in [0.1, 0.15) is 31.9 Å². The minimum absolute atomic E-state index is 0.334. The van der Waals surface area contributed by atoms with Gasteiger partial charge in [0, 0.05) is 31.2 Å². The number of aromatic nitrogens is 1. The second-order valence-electron chi connectivity index (χ2n) is 8.15. The van der Waals surface area contributed by atoms with Gasteiger partial charge in [0.1, 0.15) is 11.4 Å². The van der Waals surface area contributed by atoms with E-state index in [0.29, 0.717) is 18.9 Å². The van der Waals surface area contributed by atoms with Crippen LogP contribution in [0, 0.1) is 0 Å². The van der Waals surface area contributed by atoms with Crippen LogP contribution < -0.4 is 11.1 Å². The van der Waals surface area contributed by atoms with Crippen molar-refractivity contribution in [3.63, 3.8) is 0 Å². The van der Waals surface area contributed by atoms with E-state index in [0.717, 1.165) is 27.7 Å². The van der Waals surface area contributed by atoms with Crippen LogP contribution in [0.25, 0.3) is 10.9 Å². The van der Waals surface area contributed by atoms with E-state index in [-0.39, 0.29) is 6.09 Å². The van der Waals surface area contributed by atoms with Crippen molar-refractivity contribution in [1.29, 1.82) is 0 Å². The average Bonchev–Trinajstić information content (AvgIpc) is 2.65. The summed E-state index contributed by atoms with van der Waals surface area (Å²) >= 11 is 0. The molecule has 0 spiro atoms. The number of carbonyl (C=O) groups is 1. The lowest BCUT2D eigenvalue weighted by molar-refractivity contribution is 0.0285. The topological polar surface area (TPSA) is 80.5 Å². The Labute approximate surface area is 171 Å². The number of carbonyl (C=O) groups excluding carboxylic acids is 1. The first-order valence-corrected chi connectivity index (χ1v) is 9.62. The summed E-state index contributed by atoms with van der Waals surface area (Å²) in [5.41, 5.74) is 9.30. The molecule has 152 valence electrons. The number of hydrogen-bond donors (Lipinski definition) is 2. The summed E-state index contributed by atoms with van der Waals surface area (Å²) in [6.45, 7) is 6.72. The minimum atomic E-state index is -0.506. The number of rotatable bonds is 5. The molecule has 1 amide bonds. The first kappa shape index (κ1) is 20.5. The Morgan fingerprint density at radius 1 is 1.10 bits per heavy atom. The molecule has 3 rings (SSSR count). The van der Waals surface area contributed by atoms with Gasteiger partial charge in [0.2, 0.25) is 0 Å². The summed E-state index contributed by atoms with van der Waals surface area (Å²) in [4.78, 5) is 18.1. The van der Waals surface area contributed by atoms with E-state index in [2.05, 4.69) is 16.4 Å². The van der Waals surface area contributed by atoms with E-state index in [1.165, 1.54) is 0 Å². The van der Waals surface area contributed by atoms with E-state index >= 15 is 0 Å². The Kier molecular flexibility index (Phi) is 5.92. The van der Waals surface area contributed by atoms with Crippen LogP contribution in [0.5, 0.6) is 0 Å². The molecule has 3 aromatic rings. The number of fused-ring (bicyclic) bond motifs is 1. The van der Waals surface area contributed by atoms with E-state index in [4.69, 9.17) is 10.5 Å². The zero-order valence-corrected chi connectivity index (χ0v) is 17.4. The predicted octanol–water partition coefficient (Wildman–Crippen LogP) is 4.80. The maximum Gasteiger partial charge on any atom is 0.410 e. The molecule has 0 saturated carbocycles. The largest absolute Gasteiger partial charge is 0.444 e. The molecular formula is C23H28N4O2. The molecule has 0 unspecified atom stereocenters. The van der Waals surface area contributed by atoms with Crippen molar-refractivity contribution < 1.29 is 9.53 Å². The fourth-order valence-electron chi connectivity index (χ4n) is 2.95. The third-order valence-corrected chi connectivity index (χ3v) is 4.33. The highest BCUT2D eigenvalue weighted by molar-refractivity contribution is 5.80. The molecule has 2 aromatic carbocycles. The minimum Gasteiger partial charge on any atom is -0.444 e. The highest BCUT2D eigenvalue weighted by Crippen LogP contribution is 2.18. The molecule has 0 aliphatic heterocycles. The van der Waals surface area contributed by atoms with E-state index in [1.807, 2.05) is 63.2 Å². The summed E-state index contributed by atoms with van der Waals surface area (Å²) in [6, 6.07) is 18.0. The van der Waals surface area contributed by atoms with Crippen molar-refractivity contribution >= 4 is 28.5 Å². The van der Waals surface area contributed by atoms with Gasteiger partial charge in [-0.25, -0.2) is 9.78 Å². The summed E-state index contributed by atoms with van der Waals surface area (Å²) < 4.78 is 5.41. The molecular weight excluding hydrogens is 364 g/mol. The number of benzene rings is 2. The number of amides is 1. The normalized spacial score (nSPS) is 11.3. The Morgan fingerprint density at radius 3 is 2.62 bits per heavy atom. The van der Waals surface area contributed by atoms with Gasteiger partial charge in [0.05, 0.1) is 5.52 Å². The van der Waals surface area contributed by atoms with Gasteiger partial charge in [-0.1, -0.05) is 24.3 Å². The maximum absolute atomic E-state index is 12.2. The third-order valence-electron chi connectivity index (χ3n) is 4.33. The van der Waals surface area contributed by atoms with Crippen molar-refractivity contribution in [2.24, 2.45) is 0 Å². The lowest BCUT2D eigenvalue weighted by Crippen LogP contribution is -2.33. The smallest absolute Gasteiger partial charge is 0.410 e. The van der Waals surface area contributed by atoms with Crippen molar-refractivity contribution in [3.05, 3.63) is 65.7 Å². The molecule has 0 saturated heterocycles. The zero-order chi connectivity index (χ0) is 21.0. The Hall–Kier alpha value is -3.28. The number of nitrogen functional groups attached to an aromatic ring is 1. The van der Waals surface area contributed by atoms with Crippen LogP contribution in [-0.2, 0) is 17.8 Å². The number of ether oxygens (including phenoxy) is 1. The highest BCUT2D eigenvalue weighted by Gasteiger charge is 2.19. The molecule has 1 heterocycles. The first-order valence-electron chi connectivity index (χ1n) is 9.62. The van der Waals surface area contributed by atoms with Gasteiger partial charge in [0.15, 0.2) is 0 Å². The molecule has 0 aliphatic rings. The van der Waals surface area contributed by atoms with Crippen LogP contribution in [-0.4, -0.2) is 28.6 Å². The molecule has 0 atom stereocenters. The maximum atomic E-state index is 12.2. The molecule has 0 radical (unpaired) electrons. The lowest BCUT2D eigenvalue weighted by Gasteiger charge is -2.24. The van der Waals surface area contributed by atoms with Crippen LogP contribution in [0.4, 0.5) is 16.3 Å². The van der Waals surface area contributed by atoms with Crippen molar-refractivity contribution in [1.82, 2.24) is 9.88 Å². The second-order valence-corrected chi connectivity index (χ2v) is 8.15. The average molecular weight is 393 g/mol. The number of nitrogens with zero attached hydrogens (tertiary/aromatic N) is 2. The second kappa shape index (κ2) is 8.39. The standard InChI is InChI=1S/C23H28N4O2/c1-23(2,3)29-22(28)27(4)15-17-6-5-7-19(12-17)25-14-16-8-9-18-10-11-21(24)26-20(18)13-16/h5-13,25H,14-15H2,1-4H3,(H2,24,26). The van der Waals surface area contributed by atoms with Crippen molar-refractivity contribution in [2.45, 2.75) is 39.5 Å². The van der Waals surface area contributed by atoms with Gasteiger partial charge < -0.3 is 20.7 Å². The zero-order valence-electron chi connectivity index (χ0n) is 17.4. The third kappa shape index (κ3) is 5.85. The number of nitrogens with two attached hydrogens (primary N) is 1. The molecule has 6 nitrogen and oxygen atoms in total. The van der Waals surface area contributed by atoms with Gasteiger partial charge in [0.25, 0.3) is 0 Å².